The van der Waals surface area contributed by atoms with Crippen LogP contribution >= 0.6 is 0 Å². The summed E-state index contributed by atoms with van der Waals surface area (Å²) < 4.78 is 28.2. The lowest BCUT2D eigenvalue weighted by molar-refractivity contribution is 0.397. The van der Waals surface area contributed by atoms with Crippen molar-refractivity contribution >= 4 is 10.0 Å². The van der Waals surface area contributed by atoms with Gasteiger partial charge in [-0.1, -0.05) is 13.8 Å². The first kappa shape index (κ1) is 17.1. The molecule has 0 saturated carbocycles. The van der Waals surface area contributed by atoms with Gasteiger partial charge < -0.3 is 5.73 Å². The van der Waals surface area contributed by atoms with Crippen LogP contribution in [0.4, 0.5) is 0 Å². The normalized spacial score (nSPS) is 14.2. The van der Waals surface area contributed by atoms with Crippen LogP contribution in [0.5, 0.6) is 0 Å². The number of nitrogens with zero attached hydrogens (tertiary/aromatic N) is 3. The second-order valence-corrected chi connectivity index (χ2v) is 7.63. The van der Waals surface area contributed by atoms with Crippen molar-refractivity contribution in [3.8, 4) is 0 Å². The molecular weight excluding hydrogens is 276 g/mol. The Morgan fingerprint density at radius 2 is 1.90 bits per heavy atom. The summed E-state index contributed by atoms with van der Waals surface area (Å²) in [5.41, 5.74) is 7.16. The first-order chi connectivity index (χ1) is 9.09. The molecule has 0 aromatic carbocycles. The smallest absolute Gasteiger partial charge is 0.246 e. The molecular formula is C13H26N4O2S. The van der Waals surface area contributed by atoms with Crippen molar-refractivity contribution in [2.45, 2.75) is 45.1 Å². The van der Waals surface area contributed by atoms with Crippen LogP contribution in [0.3, 0.4) is 0 Å². The SMILES string of the molecule is Cc1nn(C)c(C)c1S(=O)(=O)N(C)CCC(N)C(C)C. The molecule has 0 radical (unpaired) electrons. The standard InChI is InChI=1S/C13H26N4O2S/c1-9(2)12(14)7-8-16(5)20(18,19)13-10(3)15-17(6)11(13)4/h9,12H,7-8,14H2,1-6H3. The van der Waals surface area contributed by atoms with Crippen LogP contribution in [0.1, 0.15) is 31.7 Å². The van der Waals surface area contributed by atoms with Crippen molar-refractivity contribution in [1.82, 2.24) is 14.1 Å². The van der Waals surface area contributed by atoms with Gasteiger partial charge in [-0.05, 0) is 26.2 Å². The third-order valence-corrected chi connectivity index (χ3v) is 5.85. The molecule has 7 heteroatoms. The minimum Gasteiger partial charge on any atom is -0.327 e. The van der Waals surface area contributed by atoms with Crippen molar-refractivity contribution in [1.29, 1.82) is 0 Å². The number of hydrogen-bond acceptors (Lipinski definition) is 4. The van der Waals surface area contributed by atoms with E-state index in [1.54, 1.807) is 32.6 Å². The van der Waals surface area contributed by atoms with Gasteiger partial charge in [-0.25, -0.2) is 12.7 Å². The Labute approximate surface area is 122 Å². The van der Waals surface area contributed by atoms with Gasteiger partial charge in [0.2, 0.25) is 10.0 Å². The van der Waals surface area contributed by atoms with Crippen LogP contribution in [0.15, 0.2) is 4.90 Å². The lowest BCUT2D eigenvalue weighted by Gasteiger charge is -2.21. The highest BCUT2D eigenvalue weighted by molar-refractivity contribution is 7.89. The van der Waals surface area contributed by atoms with E-state index in [1.807, 2.05) is 13.8 Å². The highest BCUT2D eigenvalue weighted by Gasteiger charge is 2.28. The summed E-state index contributed by atoms with van der Waals surface area (Å²) in [4.78, 5) is 0.306. The average molecular weight is 302 g/mol. The van der Waals surface area contributed by atoms with Gasteiger partial charge >= 0.3 is 0 Å². The lowest BCUT2D eigenvalue weighted by atomic mass is 10.0. The molecule has 20 heavy (non-hydrogen) atoms. The molecule has 0 aliphatic rings. The molecule has 0 aliphatic carbocycles. The summed E-state index contributed by atoms with van der Waals surface area (Å²) in [5.74, 6) is 0.341. The predicted molar refractivity (Wildman–Crippen MR) is 79.9 cm³/mol. The number of aromatic nitrogens is 2. The van der Waals surface area contributed by atoms with Crippen LogP contribution in [0, 0.1) is 19.8 Å². The van der Waals surface area contributed by atoms with Crippen molar-refractivity contribution in [3.05, 3.63) is 11.4 Å². The van der Waals surface area contributed by atoms with Crippen molar-refractivity contribution in [2.24, 2.45) is 18.7 Å². The van der Waals surface area contributed by atoms with Gasteiger partial charge in [0.15, 0.2) is 0 Å². The Balaban J connectivity index is 2.93. The maximum Gasteiger partial charge on any atom is 0.246 e. The van der Waals surface area contributed by atoms with E-state index in [-0.39, 0.29) is 6.04 Å². The second-order valence-electron chi connectivity index (χ2n) is 5.65. The molecule has 1 rings (SSSR count). The zero-order chi connectivity index (χ0) is 15.7. The van der Waals surface area contributed by atoms with Crippen molar-refractivity contribution in [3.63, 3.8) is 0 Å². The second kappa shape index (κ2) is 6.24. The summed E-state index contributed by atoms with van der Waals surface area (Å²) in [5, 5.41) is 4.17. The van der Waals surface area contributed by atoms with Crippen molar-refractivity contribution < 1.29 is 8.42 Å². The fraction of sp³-hybridized carbons (Fsp3) is 0.769. The fourth-order valence-electron chi connectivity index (χ4n) is 2.07. The van der Waals surface area contributed by atoms with E-state index in [0.29, 0.717) is 35.2 Å². The predicted octanol–water partition coefficient (Wildman–Crippen LogP) is 1.03. The van der Waals surface area contributed by atoms with E-state index in [0.717, 1.165) is 0 Å². The van der Waals surface area contributed by atoms with E-state index < -0.39 is 10.0 Å². The Kier molecular flexibility index (Phi) is 5.34. The Morgan fingerprint density at radius 1 is 1.35 bits per heavy atom. The maximum absolute atomic E-state index is 12.6. The molecule has 0 fully saturated rings. The highest BCUT2D eigenvalue weighted by Crippen LogP contribution is 2.22. The monoisotopic (exact) mass is 302 g/mol. The number of rotatable bonds is 6. The topological polar surface area (TPSA) is 81.2 Å². The van der Waals surface area contributed by atoms with Gasteiger partial charge in [0, 0.05) is 26.7 Å². The van der Waals surface area contributed by atoms with Crippen LogP contribution in [0.25, 0.3) is 0 Å². The van der Waals surface area contributed by atoms with Crippen LogP contribution in [-0.4, -0.2) is 42.1 Å². The largest absolute Gasteiger partial charge is 0.327 e. The van der Waals surface area contributed by atoms with Crippen LogP contribution in [0.2, 0.25) is 0 Å². The maximum atomic E-state index is 12.6. The number of sulfonamides is 1. The van der Waals surface area contributed by atoms with Crippen LogP contribution in [-0.2, 0) is 17.1 Å². The number of nitrogens with two attached hydrogens (primary N) is 1. The Morgan fingerprint density at radius 3 is 2.30 bits per heavy atom. The van der Waals surface area contributed by atoms with Gasteiger partial charge in [-0.3, -0.25) is 4.68 Å². The van der Waals surface area contributed by atoms with Gasteiger partial charge in [-0.2, -0.15) is 5.10 Å². The van der Waals surface area contributed by atoms with Gasteiger partial charge in [-0.15, -0.1) is 0 Å². The quantitative estimate of drug-likeness (QED) is 0.851. The van der Waals surface area contributed by atoms with Crippen molar-refractivity contribution in [2.75, 3.05) is 13.6 Å². The molecule has 1 aromatic rings. The molecule has 2 N–H and O–H groups in total. The average Bonchev–Trinajstić information content (AvgIpc) is 2.59. The minimum absolute atomic E-state index is 0.00347. The van der Waals surface area contributed by atoms with E-state index in [1.165, 1.54) is 4.31 Å². The molecule has 0 aliphatic heterocycles. The van der Waals surface area contributed by atoms with Gasteiger partial charge in [0.25, 0.3) is 0 Å². The molecule has 1 heterocycles. The third kappa shape index (κ3) is 3.39. The third-order valence-electron chi connectivity index (χ3n) is 3.74. The van der Waals surface area contributed by atoms with Gasteiger partial charge in [0.1, 0.15) is 4.90 Å². The van der Waals surface area contributed by atoms with E-state index >= 15 is 0 Å². The molecule has 116 valence electrons. The Bertz CT molecular complexity index is 563. The van der Waals surface area contributed by atoms with E-state index in [9.17, 15) is 8.42 Å². The first-order valence-electron chi connectivity index (χ1n) is 6.81. The molecule has 0 saturated heterocycles. The molecule has 1 atom stereocenters. The Hall–Kier alpha value is -0.920. The molecule has 1 unspecified atom stereocenters. The molecule has 0 spiro atoms. The lowest BCUT2D eigenvalue weighted by Crippen LogP contribution is -2.35. The molecule has 0 bridgehead atoms. The summed E-state index contributed by atoms with van der Waals surface area (Å²) in [6.07, 6.45) is 0.645. The van der Waals surface area contributed by atoms with Crippen LogP contribution < -0.4 is 5.73 Å². The summed E-state index contributed by atoms with van der Waals surface area (Å²) in [6.45, 7) is 7.97. The molecule has 0 amide bonds. The summed E-state index contributed by atoms with van der Waals surface area (Å²) >= 11 is 0. The first-order valence-corrected chi connectivity index (χ1v) is 8.25. The summed E-state index contributed by atoms with van der Waals surface area (Å²) in [7, 11) is -0.169. The minimum atomic E-state index is -3.51. The molecule has 6 nitrogen and oxygen atoms in total. The fourth-order valence-corrected chi connectivity index (χ4v) is 3.64. The number of aryl methyl sites for hydroxylation is 2. The zero-order valence-corrected chi connectivity index (χ0v) is 14.0. The van der Waals surface area contributed by atoms with E-state index in [4.69, 9.17) is 5.73 Å². The number of hydrogen-bond donors (Lipinski definition) is 1. The van der Waals surface area contributed by atoms with E-state index in [2.05, 4.69) is 5.10 Å². The zero-order valence-electron chi connectivity index (χ0n) is 13.2. The molecule has 1 aromatic heterocycles. The highest BCUT2D eigenvalue weighted by atomic mass is 32.2. The summed E-state index contributed by atoms with van der Waals surface area (Å²) in [6, 6.07) is 0.00347. The van der Waals surface area contributed by atoms with Gasteiger partial charge in [0.05, 0.1) is 11.4 Å².